The zero-order valence-electron chi connectivity index (χ0n) is 9.96. The number of para-hydroxylation sites is 1. The molecular formula is C14H11NO4. The van der Waals surface area contributed by atoms with E-state index in [1.54, 1.807) is 30.3 Å². The summed E-state index contributed by atoms with van der Waals surface area (Å²) in [4.78, 5) is 16.8. The Kier molecular flexibility index (Phi) is 2.94. The van der Waals surface area contributed by atoms with Crippen molar-refractivity contribution in [3.8, 4) is 11.5 Å². The molecular weight excluding hydrogens is 246 g/mol. The van der Waals surface area contributed by atoms with Crippen molar-refractivity contribution >= 4 is 11.7 Å². The zero-order valence-corrected chi connectivity index (χ0v) is 9.96. The Bertz CT molecular complexity index is 598. The van der Waals surface area contributed by atoms with E-state index < -0.39 is 5.97 Å². The van der Waals surface area contributed by atoms with Crippen LogP contribution in [0.25, 0.3) is 0 Å². The van der Waals surface area contributed by atoms with Gasteiger partial charge in [-0.2, -0.15) is 0 Å². The van der Waals surface area contributed by atoms with Crippen LogP contribution >= 0.6 is 0 Å². The van der Waals surface area contributed by atoms with E-state index in [0.29, 0.717) is 22.7 Å². The van der Waals surface area contributed by atoms with E-state index in [4.69, 9.17) is 14.3 Å². The second-order valence-electron chi connectivity index (χ2n) is 3.93. The molecule has 0 bridgehead atoms. The van der Waals surface area contributed by atoms with Gasteiger partial charge in [0.15, 0.2) is 11.5 Å². The van der Waals surface area contributed by atoms with Gasteiger partial charge in [-0.15, -0.1) is 0 Å². The highest BCUT2D eigenvalue weighted by molar-refractivity contribution is 5.90. The topological polar surface area (TPSA) is 56.8 Å². The minimum Gasteiger partial charge on any atom is -0.454 e. The number of hydrogen-bond acceptors (Lipinski definition) is 5. The predicted octanol–water partition coefficient (Wildman–Crippen LogP) is 2.60. The van der Waals surface area contributed by atoms with Gasteiger partial charge in [-0.05, 0) is 30.3 Å². The highest BCUT2D eigenvalue weighted by Gasteiger charge is 2.17. The van der Waals surface area contributed by atoms with Crippen LogP contribution in [-0.4, -0.2) is 12.8 Å². The Hall–Kier alpha value is -2.69. The van der Waals surface area contributed by atoms with Gasteiger partial charge in [0.1, 0.15) is 0 Å². The molecule has 5 nitrogen and oxygen atoms in total. The zero-order chi connectivity index (χ0) is 13.1. The van der Waals surface area contributed by atoms with Crippen molar-refractivity contribution in [1.29, 1.82) is 0 Å². The third-order valence-corrected chi connectivity index (χ3v) is 2.64. The molecule has 96 valence electrons. The number of rotatable bonds is 3. The second-order valence-corrected chi connectivity index (χ2v) is 3.93. The number of carbonyl (C=O) groups is 1. The van der Waals surface area contributed by atoms with Crippen LogP contribution < -0.4 is 15.0 Å². The molecule has 0 atom stereocenters. The van der Waals surface area contributed by atoms with Crippen molar-refractivity contribution in [2.75, 3.05) is 12.3 Å². The largest absolute Gasteiger partial charge is 0.454 e. The summed E-state index contributed by atoms with van der Waals surface area (Å²) < 4.78 is 10.4. The van der Waals surface area contributed by atoms with Crippen molar-refractivity contribution in [1.82, 2.24) is 0 Å². The van der Waals surface area contributed by atoms with Crippen molar-refractivity contribution in [3.05, 3.63) is 54.1 Å². The first-order valence-electron chi connectivity index (χ1n) is 5.75. The normalized spacial score (nSPS) is 12.0. The predicted molar refractivity (Wildman–Crippen MR) is 68.0 cm³/mol. The first kappa shape index (κ1) is 11.4. The summed E-state index contributed by atoms with van der Waals surface area (Å²) in [5.74, 6) is 0.698. The molecule has 0 saturated heterocycles. The van der Waals surface area contributed by atoms with Crippen molar-refractivity contribution in [2.45, 2.75) is 0 Å². The molecule has 0 amide bonds. The average molecular weight is 257 g/mol. The fraction of sp³-hybridized carbons (Fsp3) is 0.0714. The van der Waals surface area contributed by atoms with Crippen LogP contribution in [0, 0.1) is 0 Å². The Labute approximate surface area is 109 Å². The summed E-state index contributed by atoms with van der Waals surface area (Å²) in [5.41, 5.74) is 3.69. The number of ether oxygens (including phenoxy) is 2. The van der Waals surface area contributed by atoms with Crippen LogP contribution in [0.1, 0.15) is 10.4 Å². The van der Waals surface area contributed by atoms with Gasteiger partial charge in [0.2, 0.25) is 6.79 Å². The SMILES string of the molecule is O=C(ONc1ccccc1)c1ccc2c(c1)OCO2. The van der Waals surface area contributed by atoms with E-state index in [9.17, 15) is 4.79 Å². The lowest BCUT2D eigenvalue weighted by Gasteiger charge is -2.06. The summed E-state index contributed by atoms with van der Waals surface area (Å²) in [6.45, 7) is 0.177. The Balaban J connectivity index is 1.67. The first-order valence-corrected chi connectivity index (χ1v) is 5.75. The van der Waals surface area contributed by atoms with Crippen molar-refractivity contribution < 1.29 is 19.1 Å². The highest BCUT2D eigenvalue weighted by atomic mass is 16.7. The number of fused-ring (bicyclic) bond motifs is 1. The molecule has 0 aromatic heterocycles. The van der Waals surface area contributed by atoms with Crippen LogP contribution in [0.3, 0.4) is 0 Å². The lowest BCUT2D eigenvalue weighted by Crippen LogP contribution is -2.10. The second kappa shape index (κ2) is 4.89. The maximum absolute atomic E-state index is 11.8. The average Bonchev–Trinajstić information content (AvgIpc) is 2.93. The molecule has 0 radical (unpaired) electrons. The molecule has 0 saturated carbocycles. The molecule has 0 aliphatic carbocycles. The summed E-state index contributed by atoms with van der Waals surface area (Å²) >= 11 is 0. The van der Waals surface area contributed by atoms with Crippen molar-refractivity contribution in [3.63, 3.8) is 0 Å². The van der Waals surface area contributed by atoms with Crippen LogP contribution in [0.5, 0.6) is 11.5 Å². The molecule has 0 fully saturated rings. The minimum absolute atomic E-state index is 0.177. The van der Waals surface area contributed by atoms with Gasteiger partial charge in [0.05, 0.1) is 11.3 Å². The number of carbonyl (C=O) groups excluding carboxylic acids is 1. The molecule has 2 aromatic rings. The van der Waals surface area contributed by atoms with Gasteiger partial charge in [0.25, 0.3) is 0 Å². The Morgan fingerprint density at radius 1 is 1.05 bits per heavy atom. The highest BCUT2D eigenvalue weighted by Crippen LogP contribution is 2.32. The molecule has 5 heteroatoms. The smallest absolute Gasteiger partial charge is 0.362 e. The van der Waals surface area contributed by atoms with Crippen LogP contribution in [0.4, 0.5) is 5.69 Å². The molecule has 1 aliphatic heterocycles. The lowest BCUT2D eigenvalue weighted by atomic mass is 10.2. The fourth-order valence-corrected chi connectivity index (χ4v) is 1.69. The number of anilines is 1. The van der Waals surface area contributed by atoms with E-state index in [1.807, 2.05) is 18.2 Å². The summed E-state index contributed by atoms with van der Waals surface area (Å²) in [5, 5.41) is 0. The standard InChI is InChI=1S/C14H11NO4/c16-14(19-15-11-4-2-1-3-5-11)10-6-7-12-13(8-10)18-9-17-12/h1-8,15H,9H2. The van der Waals surface area contributed by atoms with Crippen LogP contribution in [0.2, 0.25) is 0 Å². The maximum Gasteiger partial charge on any atom is 0.362 e. The van der Waals surface area contributed by atoms with Gasteiger partial charge in [-0.3, -0.25) is 0 Å². The number of nitrogens with one attached hydrogen (secondary N) is 1. The van der Waals surface area contributed by atoms with E-state index >= 15 is 0 Å². The molecule has 1 aliphatic rings. The summed E-state index contributed by atoms with van der Waals surface area (Å²) in [6, 6.07) is 14.1. The lowest BCUT2D eigenvalue weighted by molar-refractivity contribution is 0.0596. The van der Waals surface area contributed by atoms with Crippen molar-refractivity contribution in [2.24, 2.45) is 0 Å². The fourth-order valence-electron chi connectivity index (χ4n) is 1.69. The van der Waals surface area contributed by atoms with E-state index in [2.05, 4.69) is 5.48 Å². The third kappa shape index (κ3) is 2.44. The molecule has 19 heavy (non-hydrogen) atoms. The van der Waals surface area contributed by atoms with Gasteiger partial charge in [-0.1, -0.05) is 18.2 Å². The van der Waals surface area contributed by atoms with Gasteiger partial charge in [0, 0.05) is 0 Å². The van der Waals surface area contributed by atoms with E-state index in [1.165, 1.54) is 0 Å². The minimum atomic E-state index is -0.484. The number of hydrogen-bond donors (Lipinski definition) is 1. The summed E-state index contributed by atoms with van der Waals surface area (Å²) in [7, 11) is 0. The molecule has 0 spiro atoms. The molecule has 3 rings (SSSR count). The molecule has 2 aromatic carbocycles. The van der Waals surface area contributed by atoms with Crippen LogP contribution in [0.15, 0.2) is 48.5 Å². The molecule has 1 heterocycles. The maximum atomic E-state index is 11.8. The Morgan fingerprint density at radius 2 is 1.84 bits per heavy atom. The molecule has 0 unspecified atom stereocenters. The van der Waals surface area contributed by atoms with Gasteiger partial charge < -0.3 is 14.3 Å². The third-order valence-electron chi connectivity index (χ3n) is 2.64. The van der Waals surface area contributed by atoms with E-state index in [-0.39, 0.29) is 6.79 Å². The Morgan fingerprint density at radius 3 is 2.68 bits per heavy atom. The monoisotopic (exact) mass is 257 g/mol. The molecule has 1 N–H and O–H groups in total. The quantitative estimate of drug-likeness (QED) is 0.856. The van der Waals surface area contributed by atoms with E-state index in [0.717, 1.165) is 0 Å². The van der Waals surface area contributed by atoms with Gasteiger partial charge in [-0.25, -0.2) is 10.3 Å². The van der Waals surface area contributed by atoms with Gasteiger partial charge >= 0.3 is 5.97 Å². The summed E-state index contributed by atoms with van der Waals surface area (Å²) in [6.07, 6.45) is 0. The number of benzene rings is 2. The van der Waals surface area contributed by atoms with Crippen LogP contribution in [-0.2, 0) is 4.84 Å². The first-order chi connectivity index (χ1) is 9.33.